The van der Waals surface area contributed by atoms with Crippen molar-refractivity contribution in [2.75, 3.05) is 19.3 Å². The van der Waals surface area contributed by atoms with Gasteiger partial charge in [0.05, 0.1) is 36.7 Å². The minimum Gasteiger partial charge on any atom is -0.483 e. The SMILES string of the molecule is CSc1nn(C)c(-c2cc(OC3CN(C(=O)N4N=CCC4c4cc(F)cc(F)c4)C3)c(F)cn2)c1C. The third kappa shape index (κ3) is 4.41. The Hall–Kier alpha value is -3.54. The van der Waals surface area contributed by atoms with Gasteiger partial charge in [0.15, 0.2) is 11.6 Å². The van der Waals surface area contributed by atoms with Crippen molar-refractivity contribution in [3.8, 4) is 17.1 Å². The molecule has 0 bridgehead atoms. The fourth-order valence-corrected chi connectivity index (χ4v) is 5.04. The number of likely N-dealkylation sites (tertiary alicyclic amines) is 1. The van der Waals surface area contributed by atoms with Gasteiger partial charge in [-0.1, -0.05) is 0 Å². The Morgan fingerprint density at radius 1 is 1.14 bits per heavy atom. The molecule has 2 aliphatic heterocycles. The number of thioether (sulfide) groups is 1. The summed E-state index contributed by atoms with van der Waals surface area (Å²) in [5.74, 6) is -2.00. The molecule has 2 aromatic heterocycles. The zero-order chi connectivity index (χ0) is 25.6. The minimum absolute atomic E-state index is 0.0377. The fourth-order valence-electron chi connectivity index (χ4n) is 4.43. The Balaban J connectivity index is 1.26. The first-order valence-electron chi connectivity index (χ1n) is 11.2. The molecule has 1 fully saturated rings. The van der Waals surface area contributed by atoms with Crippen LogP contribution in [0.1, 0.15) is 23.6 Å². The monoisotopic (exact) mass is 516 g/mol. The van der Waals surface area contributed by atoms with Crippen molar-refractivity contribution >= 4 is 24.0 Å². The van der Waals surface area contributed by atoms with Crippen LogP contribution in [0.3, 0.4) is 0 Å². The van der Waals surface area contributed by atoms with Crippen molar-refractivity contribution in [1.29, 1.82) is 0 Å². The Kier molecular flexibility index (Phi) is 6.37. The maximum absolute atomic E-state index is 14.5. The van der Waals surface area contributed by atoms with Gasteiger partial charge in [0.1, 0.15) is 22.8 Å². The summed E-state index contributed by atoms with van der Waals surface area (Å²) >= 11 is 1.52. The Bertz CT molecular complexity index is 1340. The molecular weight excluding hydrogens is 493 g/mol. The number of rotatable bonds is 5. The van der Waals surface area contributed by atoms with E-state index in [0.717, 1.165) is 28.5 Å². The molecule has 1 aromatic carbocycles. The maximum Gasteiger partial charge on any atom is 0.341 e. The Morgan fingerprint density at radius 2 is 1.86 bits per heavy atom. The number of aryl methyl sites for hydroxylation is 1. The normalized spacial score (nSPS) is 17.6. The van der Waals surface area contributed by atoms with Crippen LogP contribution in [0, 0.1) is 24.4 Å². The number of nitrogens with zero attached hydrogens (tertiary/aromatic N) is 6. The van der Waals surface area contributed by atoms with Gasteiger partial charge in [0.2, 0.25) is 0 Å². The van der Waals surface area contributed by atoms with E-state index in [-0.39, 0.29) is 18.8 Å². The second kappa shape index (κ2) is 9.49. The highest BCUT2D eigenvalue weighted by Crippen LogP contribution is 2.33. The van der Waals surface area contributed by atoms with Crippen LogP contribution in [0.25, 0.3) is 11.4 Å². The van der Waals surface area contributed by atoms with Crippen LogP contribution in [-0.2, 0) is 7.05 Å². The highest BCUT2D eigenvalue weighted by Gasteiger charge is 2.39. The molecule has 0 N–H and O–H groups in total. The van der Waals surface area contributed by atoms with Crippen LogP contribution < -0.4 is 4.74 Å². The molecule has 1 unspecified atom stereocenters. The lowest BCUT2D eigenvalue weighted by Gasteiger charge is -2.41. The van der Waals surface area contributed by atoms with Crippen molar-refractivity contribution in [2.45, 2.75) is 30.5 Å². The number of ether oxygens (including phenoxy) is 1. The maximum atomic E-state index is 14.5. The fraction of sp³-hybridized carbons (Fsp3) is 0.333. The number of carbonyl (C=O) groups is 1. The molecule has 12 heteroatoms. The zero-order valence-electron chi connectivity index (χ0n) is 19.8. The summed E-state index contributed by atoms with van der Waals surface area (Å²) in [6.07, 6.45) is 4.50. The van der Waals surface area contributed by atoms with Crippen molar-refractivity contribution in [3.05, 3.63) is 59.0 Å². The Labute approximate surface area is 209 Å². The standard InChI is InChI=1S/C24H23F3N6O2S/c1-13-22(31(2)30-23(13)36-3)19-9-21(18(27)10-28-19)35-17-11-32(12-17)24(34)33-20(4-5-29-33)14-6-15(25)8-16(26)7-14/h5-10,17,20H,4,11-12H2,1-3H3. The van der Waals surface area contributed by atoms with Gasteiger partial charge in [0.25, 0.3) is 0 Å². The first kappa shape index (κ1) is 24.2. The van der Waals surface area contributed by atoms with Gasteiger partial charge in [-0.3, -0.25) is 9.67 Å². The highest BCUT2D eigenvalue weighted by molar-refractivity contribution is 7.98. The van der Waals surface area contributed by atoms with E-state index in [0.29, 0.717) is 17.7 Å². The second-order valence-electron chi connectivity index (χ2n) is 8.63. The smallest absolute Gasteiger partial charge is 0.341 e. The zero-order valence-corrected chi connectivity index (χ0v) is 20.6. The van der Waals surface area contributed by atoms with E-state index in [1.165, 1.54) is 46.1 Å². The lowest BCUT2D eigenvalue weighted by atomic mass is 10.0. The molecule has 8 nitrogen and oxygen atoms in total. The summed E-state index contributed by atoms with van der Waals surface area (Å²) in [6, 6.07) is 3.69. The molecule has 0 aliphatic carbocycles. The van der Waals surface area contributed by atoms with Crippen LogP contribution in [0.4, 0.5) is 18.0 Å². The predicted molar refractivity (Wildman–Crippen MR) is 128 cm³/mol. The topological polar surface area (TPSA) is 75.8 Å². The first-order chi connectivity index (χ1) is 17.2. The van der Waals surface area contributed by atoms with E-state index in [2.05, 4.69) is 15.2 Å². The lowest BCUT2D eigenvalue weighted by molar-refractivity contribution is 0.0256. The van der Waals surface area contributed by atoms with E-state index in [9.17, 15) is 18.0 Å². The van der Waals surface area contributed by atoms with Gasteiger partial charge in [-0.2, -0.15) is 10.2 Å². The number of urea groups is 1. The molecule has 2 amide bonds. The molecule has 3 aromatic rings. The summed E-state index contributed by atoms with van der Waals surface area (Å²) in [6.45, 7) is 2.36. The van der Waals surface area contributed by atoms with Gasteiger partial charge < -0.3 is 9.64 Å². The average Bonchev–Trinajstić information content (AvgIpc) is 3.40. The summed E-state index contributed by atoms with van der Waals surface area (Å²) in [5.41, 5.74) is 2.56. The number of amides is 2. The van der Waals surface area contributed by atoms with Gasteiger partial charge in [0, 0.05) is 37.4 Å². The first-order valence-corrected chi connectivity index (χ1v) is 12.4. The number of pyridine rings is 1. The molecule has 2 aliphatic rings. The quantitative estimate of drug-likeness (QED) is 0.466. The predicted octanol–water partition coefficient (Wildman–Crippen LogP) is 4.55. The van der Waals surface area contributed by atoms with Crippen molar-refractivity contribution in [1.82, 2.24) is 24.7 Å². The van der Waals surface area contributed by atoms with Crippen LogP contribution >= 0.6 is 11.8 Å². The Morgan fingerprint density at radius 3 is 2.53 bits per heavy atom. The molecule has 5 rings (SSSR count). The molecule has 1 saturated heterocycles. The summed E-state index contributed by atoms with van der Waals surface area (Å²) < 4.78 is 49.4. The van der Waals surface area contributed by atoms with Crippen molar-refractivity contribution in [3.63, 3.8) is 0 Å². The van der Waals surface area contributed by atoms with Gasteiger partial charge >= 0.3 is 6.03 Å². The highest BCUT2D eigenvalue weighted by atomic mass is 32.2. The van der Waals surface area contributed by atoms with Gasteiger partial charge in [-0.05, 0) is 30.9 Å². The van der Waals surface area contributed by atoms with Gasteiger partial charge in [-0.25, -0.2) is 23.0 Å². The van der Waals surface area contributed by atoms with E-state index < -0.39 is 35.6 Å². The molecule has 0 spiro atoms. The second-order valence-corrected chi connectivity index (χ2v) is 9.43. The molecule has 0 radical (unpaired) electrons. The van der Waals surface area contributed by atoms with Crippen LogP contribution in [0.5, 0.6) is 5.75 Å². The molecule has 0 saturated carbocycles. The lowest BCUT2D eigenvalue weighted by Crippen LogP contribution is -2.58. The molecular formula is C24H23F3N6O2S. The number of aromatic nitrogens is 3. The van der Waals surface area contributed by atoms with Gasteiger partial charge in [-0.15, -0.1) is 11.8 Å². The average molecular weight is 517 g/mol. The number of halogens is 3. The summed E-state index contributed by atoms with van der Waals surface area (Å²) in [7, 11) is 1.80. The number of carbonyl (C=O) groups excluding carboxylic acids is 1. The third-order valence-electron chi connectivity index (χ3n) is 6.20. The van der Waals surface area contributed by atoms with Crippen LogP contribution in [-0.4, -0.2) is 62.4 Å². The van der Waals surface area contributed by atoms with Crippen LogP contribution in [0.15, 0.2) is 40.6 Å². The van der Waals surface area contributed by atoms with Crippen LogP contribution in [0.2, 0.25) is 0 Å². The number of hydrazone groups is 1. The molecule has 1 atom stereocenters. The van der Waals surface area contributed by atoms with E-state index in [4.69, 9.17) is 4.74 Å². The van der Waals surface area contributed by atoms with E-state index >= 15 is 0 Å². The van der Waals surface area contributed by atoms with E-state index in [1.807, 2.05) is 13.2 Å². The molecule has 36 heavy (non-hydrogen) atoms. The minimum atomic E-state index is -0.716. The molecule has 4 heterocycles. The van der Waals surface area contributed by atoms with Crippen molar-refractivity contribution in [2.24, 2.45) is 12.1 Å². The van der Waals surface area contributed by atoms with Crippen molar-refractivity contribution < 1.29 is 22.7 Å². The number of benzene rings is 1. The third-order valence-corrected chi connectivity index (χ3v) is 6.98. The number of hydrogen-bond donors (Lipinski definition) is 0. The van der Waals surface area contributed by atoms with E-state index in [1.54, 1.807) is 11.7 Å². The molecule has 188 valence electrons. The summed E-state index contributed by atoms with van der Waals surface area (Å²) in [4.78, 5) is 18.7. The summed E-state index contributed by atoms with van der Waals surface area (Å²) in [5, 5.41) is 10.6. The largest absolute Gasteiger partial charge is 0.483 e. The number of hydrogen-bond acceptors (Lipinski definition) is 6.